The molecule has 0 aromatic heterocycles. The average molecular weight is 377 g/mol. The van der Waals surface area contributed by atoms with Gasteiger partial charge in [0.05, 0.1) is 28.3 Å². The van der Waals surface area contributed by atoms with E-state index in [-0.39, 0.29) is 10.6 Å². The summed E-state index contributed by atoms with van der Waals surface area (Å²) in [4.78, 5) is 10.8. The van der Waals surface area contributed by atoms with Crippen LogP contribution in [0, 0.1) is 10.1 Å². The van der Waals surface area contributed by atoms with E-state index in [1.807, 2.05) is 36.4 Å². The second-order valence-electron chi connectivity index (χ2n) is 6.51. The van der Waals surface area contributed by atoms with Gasteiger partial charge < -0.3 is 4.74 Å². The number of hydrogen-bond acceptors (Lipinski definition) is 5. The monoisotopic (exact) mass is 377 g/mol. The van der Waals surface area contributed by atoms with E-state index in [1.54, 1.807) is 18.2 Å². The Hall–Kier alpha value is -3.28. The summed E-state index contributed by atoms with van der Waals surface area (Å²) < 4.78 is 5.73. The van der Waals surface area contributed by atoms with E-state index in [4.69, 9.17) is 4.74 Å². The van der Waals surface area contributed by atoms with Crippen molar-refractivity contribution in [1.29, 1.82) is 0 Å². The fourth-order valence-corrected chi connectivity index (χ4v) is 2.95. The molecule has 0 N–H and O–H groups in total. The van der Waals surface area contributed by atoms with Crippen molar-refractivity contribution in [3.63, 3.8) is 0 Å². The SMILES string of the molecule is CCCCCCOc1ccc(N=Nc2ccc([N+](=O)[O-])c3ccccc23)cc1. The number of nitro benzene ring substituents is 1. The molecule has 0 heterocycles. The Balaban J connectivity index is 1.70. The molecule has 0 spiro atoms. The highest BCUT2D eigenvalue weighted by atomic mass is 16.6. The molecule has 3 aromatic rings. The van der Waals surface area contributed by atoms with Crippen LogP contribution in [0.25, 0.3) is 10.8 Å². The van der Waals surface area contributed by atoms with Gasteiger partial charge in [-0.3, -0.25) is 10.1 Å². The van der Waals surface area contributed by atoms with Crippen LogP contribution in [0.4, 0.5) is 17.1 Å². The van der Waals surface area contributed by atoms with Crippen LogP contribution >= 0.6 is 0 Å². The lowest BCUT2D eigenvalue weighted by Crippen LogP contribution is -1.96. The number of rotatable bonds is 9. The molecule has 6 heteroatoms. The molecule has 0 atom stereocenters. The number of azo groups is 1. The van der Waals surface area contributed by atoms with E-state index in [0.29, 0.717) is 22.1 Å². The van der Waals surface area contributed by atoms with Crippen molar-refractivity contribution in [3.05, 3.63) is 70.8 Å². The van der Waals surface area contributed by atoms with Crippen LogP contribution in [0.1, 0.15) is 32.6 Å². The van der Waals surface area contributed by atoms with Gasteiger partial charge in [0.25, 0.3) is 5.69 Å². The van der Waals surface area contributed by atoms with Crippen LogP contribution in [-0.4, -0.2) is 11.5 Å². The van der Waals surface area contributed by atoms with Crippen molar-refractivity contribution in [2.24, 2.45) is 10.2 Å². The zero-order valence-corrected chi connectivity index (χ0v) is 15.9. The Morgan fingerprint density at radius 1 is 0.893 bits per heavy atom. The van der Waals surface area contributed by atoms with Crippen LogP contribution < -0.4 is 4.74 Å². The maximum atomic E-state index is 11.2. The van der Waals surface area contributed by atoms with Crippen LogP contribution in [0.15, 0.2) is 70.9 Å². The quantitative estimate of drug-likeness (QED) is 0.172. The molecule has 0 bridgehead atoms. The van der Waals surface area contributed by atoms with Crippen molar-refractivity contribution >= 4 is 27.8 Å². The maximum absolute atomic E-state index is 11.2. The molecule has 3 aromatic carbocycles. The third-order valence-corrected chi connectivity index (χ3v) is 4.45. The van der Waals surface area contributed by atoms with Crippen LogP contribution in [-0.2, 0) is 0 Å². The lowest BCUT2D eigenvalue weighted by atomic mass is 10.1. The maximum Gasteiger partial charge on any atom is 0.277 e. The average Bonchev–Trinajstić information content (AvgIpc) is 2.72. The molecule has 3 rings (SSSR count). The Bertz CT molecular complexity index is 968. The Labute approximate surface area is 164 Å². The minimum atomic E-state index is -0.385. The fourth-order valence-electron chi connectivity index (χ4n) is 2.95. The van der Waals surface area contributed by atoms with Gasteiger partial charge in [-0.1, -0.05) is 44.4 Å². The Kier molecular flexibility index (Phi) is 6.68. The predicted molar refractivity (Wildman–Crippen MR) is 111 cm³/mol. The Morgan fingerprint density at radius 3 is 2.36 bits per heavy atom. The van der Waals surface area contributed by atoms with E-state index in [2.05, 4.69) is 17.2 Å². The second-order valence-corrected chi connectivity index (χ2v) is 6.51. The fraction of sp³-hybridized carbons (Fsp3) is 0.273. The first-order valence-electron chi connectivity index (χ1n) is 9.50. The second kappa shape index (κ2) is 9.60. The number of hydrogen-bond donors (Lipinski definition) is 0. The molecule has 0 saturated heterocycles. The zero-order chi connectivity index (χ0) is 19.8. The highest BCUT2D eigenvalue weighted by Crippen LogP contribution is 2.34. The summed E-state index contributed by atoms with van der Waals surface area (Å²) in [7, 11) is 0. The minimum absolute atomic E-state index is 0.0648. The van der Waals surface area contributed by atoms with Gasteiger partial charge in [0.15, 0.2) is 0 Å². The number of nitro groups is 1. The van der Waals surface area contributed by atoms with Gasteiger partial charge in [-0.2, -0.15) is 5.11 Å². The van der Waals surface area contributed by atoms with Crippen molar-refractivity contribution < 1.29 is 9.66 Å². The summed E-state index contributed by atoms with van der Waals surface area (Å²) >= 11 is 0. The van der Waals surface area contributed by atoms with Crippen molar-refractivity contribution in [1.82, 2.24) is 0 Å². The van der Waals surface area contributed by atoms with Gasteiger partial charge in [0.2, 0.25) is 0 Å². The van der Waals surface area contributed by atoms with E-state index in [0.717, 1.165) is 18.8 Å². The first-order chi connectivity index (χ1) is 13.7. The van der Waals surface area contributed by atoms with Crippen LogP contribution in [0.3, 0.4) is 0 Å². The molecule has 0 saturated carbocycles. The summed E-state index contributed by atoms with van der Waals surface area (Å²) in [6.07, 6.45) is 4.69. The lowest BCUT2D eigenvalue weighted by Gasteiger charge is -2.05. The third kappa shape index (κ3) is 4.91. The molecule has 28 heavy (non-hydrogen) atoms. The van der Waals surface area contributed by atoms with Gasteiger partial charge in [-0.25, -0.2) is 0 Å². The molecule has 0 amide bonds. The normalized spacial score (nSPS) is 11.2. The summed E-state index contributed by atoms with van der Waals surface area (Å²) in [6.45, 7) is 2.91. The van der Waals surface area contributed by atoms with E-state index in [9.17, 15) is 10.1 Å². The Morgan fingerprint density at radius 2 is 1.64 bits per heavy atom. The standard InChI is InChI=1S/C22H23N3O3/c1-2-3-4-7-16-28-18-12-10-17(11-13-18)23-24-21-14-15-22(25(26)27)20-9-6-5-8-19(20)21/h5-6,8-15H,2-4,7,16H2,1H3. The third-order valence-electron chi connectivity index (χ3n) is 4.45. The first kappa shape index (κ1) is 19.5. The zero-order valence-electron chi connectivity index (χ0n) is 15.9. The van der Waals surface area contributed by atoms with Crippen LogP contribution in [0.2, 0.25) is 0 Å². The van der Waals surface area contributed by atoms with Gasteiger partial charge in [0.1, 0.15) is 5.75 Å². The molecule has 0 aliphatic heterocycles. The number of unbranched alkanes of at least 4 members (excludes halogenated alkanes) is 3. The highest BCUT2D eigenvalue weighted by Gasteiger charge is 2.13. The van der Waals surface area contributed by atoms with Gasteiger partial charge in [-0.05, 0) is 42.8 Å². The molecule has 144 valence electrons. The largest absolute Gasteiger partial charge is 0.494 e. The number of ether oxygens (including phenoxy) is 1. The van der Waals surface area contributed by atoms with E-state index >= 15 is 0 Å². The van der Waals surface area contributed by atoms with Gasteiger partial charge >= 0.3 is 0 Å². The summed E-state index contributed by atoms with van der Waals surface area (Å²) in [5.41, 5.74) is 1.35. The topological polar surface area (TPSA) is 77.1 Å². The highest BCUT2D eigenvalue weighted by molar-refractivity contribution is 5.98. The molecule has 0 unspecified atom stereocenters. The number of non-ortho nitro benzene ring substituents is 1. The van der Waals surface area contributed by atoms with Crippen molar-refractivity contribution in [2.45, 2.75) is 32.6 Å². The lowest BCUT2D eigenvalue weighted by molar-refractivity contribution is -0.383. The molecule has 0 fully saturated rings. The number of benzene rings is 3. The van der Waals surface area contributed by atoms with E-state index in [1.165, 1.54) is 25.3 Å². The molecular weight excluding hydrogens is 354 g/mol. The molecular formula is C22H23N3O3. The van der Waals surface area contributed by atoms with Crippen molar-refractivity contribution in [2.75, 3.05) is 6.61 Å². The van der Waals surface area contributed by atoms with Gasteiger partial charge in [0, 0.05) is 11.5 Å². The smallest absolute Gasteiger partial charge is 0.277 e. The molecule has 0 aliphatic rings. The van der Waals surface area contributed by atoms with E-state index < -0.39 is 0 Å². The number of fused-ring (bicyclic) bond motifs is 1. The molecule has 6 nitrogen and oxygen atoms in total. The summed E-state index contributed by atoms with van der Waals surface area (Å²) in [5.74, 6) is 0.816. The number of nitrogens with zero attached hydrogens (tertiary/aromatic N) is 3. The van der Waals surface area contributed by atoms with Crippen LogP contribution in [0.5, 0.6) is 5.75 Å². The summed E-state index contributed by atoms with van der Waals surface area (Å²) in [6, 6.07) is 17.7. The molecule has 0 radical (unpaired) electrons. The minimum Gasteiger partial charge on any atom is -0.494 e. The predicted octanol–water partition coefficient (Wildman–Crippen LogP) is 7.12. The van der Waals surface area contributed by atoms with Gasteiger partial charge in [-0.15, -0.1) is 5.11 Å². The first-order valence-corrected chi connectivity index (χ1v) is 9.50. The molecule has 0 aliphatic carbocycles. The summed E-state index contributed by atoms with van der Waals surface area (Å²) in [5, 5.41) is 21.0. The van der Waals surface area contributed by atoms with Crippen molar-refractivity contribution in [3.8, 4) is 5.75 Å².